The molecule has 1 aliphatic heterocycles. The van der Waals surface area contributed by atoms with Gasteiger partial charge in [0, 0.05) is 23.0 Å². The van der Waals surface area contributed by atoms with Gasteiger partial charge in [-0.3, -0.25) is 14.3 Å². The largest absolute Gasteiger partial charge is 0.486 e. The Morgan fingerprint density at radius 1 is 0.879 bits per heavy atom. The topological polar surface area (TPSA) is 137 Å². The predicted octanol–water partition coefficient (Wildman–Crippen LogP) is 3.26. The lowest BCUT2D eigenvalue weighted by molar-refractivity contribution is 0.0996. The second-order valence-electron chi connectivity index (χ2n) is 7.00. The highest BCUT2D eigenvalue weighted by Gasteiger charge is 2.20. The highest BCUT2D eigenvalue weighted by Crippen LogP contribution is 2.32. The van der Waals surface area contributed by atoms with E-state index in [0.717, 1.165) is 0 Å². The number of halogens is 1. The van der Waals surface area contributed by atoms with Crippen LogP contribution in [-0.4, -0.2) is 33.4 Å². The summed E-state index contributed by atoms with van der Waals surface area (Å²) in [6, 6.07) is 14.5. The number of benzene rings is 3. The molecule has 9 nitrogen and oxygen atoms in total. The van der Waals surface area contributed by atoms with Crippen LogP contribution in [0, 0.1) is 0 Å². The Bertz CT molecular complexity index is 1340. The Balaban J connectivity index is 1.46. The van der Waals surface area contributed by atoms with Crippen molar-refractivity contribution in [3.63, 3.8) is 0 Å². The van der Waals surface area contributed by atoms with Gasteiger partial charge in [0.2, 0.25) is 5.91 Å². The van der Waals surface area contributed by atoms with Gasteiger partial charge in [-0.2, -0.15) is 0 Å². The molecule has 0 spiro atoms. The molecular formula is C22H18ClN3O6S. The lowest BCUT2D eigenvalue weighted by Crippen LogP contribution is -2.17. The number of anilines is 2. The first kappa shape index (κ1) is 22.4. The van der Waals surface area contributed by atoms with Crippen molar-refractivity contribution in [1.29, 1.82) is 0 Å². The summed E-state index contributed by atoms with van der Waals surface area (Å²) in [5.74, 6) is -0.336. The fraction of sp³-hybridized carbons (Fsp3) is 0.0909. The zero-order valence-corrected chi connectivity index (χ0v) is 18.6. The molecule has 0 saturated heterocycles. The number of primary amides is 1. The highest BCUT2D eigenvalue weighted by molar-refractivity contribution is 7.92. The van der Waals surface area contributed by atoms with Crippen LogP contribution >= 0.6 is 11.6 Å². The maximum absolute atomic E-state index is 12.7. The molecule has 4 rings (SSSR count). The first-order valence-corrected chi connectivity index (χ1v) is 11.5. The van der Waals surface area contributed by atoms with Crippen molar-refractivity contribution in [2.45, 2.75) is 4.90 Å². The van der Waals surface area contributed by atoms with Gasteiger partial charge in [0.05, 0.1) is 15.5 Å². The van der Waals surface area contributed by atoms with Crippen LogP contribution in [0.15, 0.2) is 65.6 Å². The molecule has 0 fully saturated rings. The molecule has 0 saturated carbocycles. The minimum atomic E-state index is -3.89. The maximum Gasteiger partial charge on any atom is 0.262 e. The number of rotatable bonds is 6. The molecule has 3 aromatic rings. The van der Waals surface area contributed by atoms with Crippen LogP contribution in [-0.2, 0) is 10.0 Å². The minimum absolute atomic E-state index is 0.0153. The van der Waals surface area contributed by atoms with E-state index in [1.807, 2.05) is 0 Å². The van der Waals surface area contributed by atoms with E-state index in [1.165, 1.54) is 60.7 Å². The van der Waals surface area contributed by atoms with E-state index in [9.17, 15) is 18.0 Å². The number of hydrogen-bond donors (Lipinski definition) is 3. The first-order valence-electron chi connectivity index (χ1n) is 9.66. The Morgan fingerprint density at radius 2 is 1.55 bits per heavy atom. The van der Waals surface area contributed by atoms with Gasteiger partial charge < -0.3 is 20.5 Å². The van der Waals surface area contributed by atoms with Gasteiger partial charge in [0.25, 0.3) is 15.9 Å². The number of fused-ring (bicyclic) bond motifs is 1. The second-order valence-corrected chi connectivity index (χ2v) is 9.09. The standard InChI is InChI=1S/C22H18ClN3O6S/c23-18-7-5-15(11-17(18)21(24)27)25-22(28)13-1-3-14(4-2-13)26-33(29,30)16-6-8-19-20(12-16)32-10-9-31-19/h1-8,11-12,26H,9-10H2,(H2,24,27)(H,25,28). The van der Waals surface area contributed by atoms with E-state index in [1.54, 1.807) is 0 Å². The minimum Gasteiger partial charge on any atom is -0.486 e. The normalized spacial score (nSPS) is 12.6. The zero-order chi connectivity index (χ0) is 23.6. The molecule has 170 valence electrons. The van der Waals surface area contributed by atoms with Crippen molar-refractivity contribution in [3.05, 3.63) is 76.8 Å². The Labute approximate surface area is 194 Å². The average molecular weight is 488 g/mol. The van der Waals surface area contributed by atoms with Crippen molar-refractivity contribution in [1.82, 2.24) is 0 Å². The summed E-state index contributed by atoms with van der Waals surface area (Å²) >= 11 is 5.91. The zero-order valence-electron chi connectivity index (χ0n) is 17.0. The van der Waals surface area contributed by atoms with Gasteiger partial charge in [-0.05, 0) is 54.6 Å². The third kappa shape index (κ3) is 5.02. The number of carbonyl (C=O) groups is 2. The molecule has 0 radical (unpaired) electrons. The number of carbonyl (C=O) groups excluding carboxylic acids is 2. The van der Waals surface area contributed by atoms with Crippen LogP contribution < -0.4 is 25.2 Å². The van der Waals surface area contributed by atoms with E-state index >= 15 is 0 Å². The smallest absolute Gasteiger partial charge is 0.262 e. The predicted molar refractivity (Wildman–Crippen MR) is 123 cm³/mol. The summed E-state index contributed by atoms with van der Waals surface area (Å²) in [7, 11) is -3.89. The molecule has 1 aliphatic rings. The molecule has 4 N–H and O–H groups in total. The third-order valence-corrected chi connectivity index (χ3v) is 6.42. The lowest BCUT2D eigenvalue weighted by atomic mass is 10.1. The molecule has 0 atom stereocenters. The summed E-state index contributed by atoms with van der Waals surface area (Å²) in [5.41, 5.74) is 6.22. The van der Waals surface area contributed by atoms with E-state index in [0.29, 0.717) is 30.4 Å². The van der Waals surface area contributed by atoms with Crippen LogP contribution in [0.25, 0.3) is 0 Å². The Kier molecular flexibility index (Phi) is 6.12. The van der Waals surface area contributed by atoms with E-state index in [2.05, 4.69) is 10.0 Å². The van der Waals surface area contributed by atoms with Crippen LogP contribution in [0.3, 0.4) is 0 Å². The fourth-order valence-electron chi connectivity index (χ4n) is 3.09. The van der Waals surface area contributed by atoms with Crippen LogP contribution in [0.4, 0.5) is 11.4 Å². The summed E-state index contributed by atoms with van der Waals surface area (Å²) in [6.07, 6.45) is 0. The number of nitrogens with one attached hydrogen (secondary N) is 2. The molecule has 0 aromatic heterocycles. The third-order valence-electron chi connectivity index (χ3n) is 4.71. The molecular weight excluding hydrogens is 470 g/mol. The number of amides is 2. The van der Waals surface area contributed by atoms with E-state index in [-0.39, 0.29) is 26.7 Å². The maximum atomic E-state index is 12.7. The molecule has 3 aromatic carbocycles. The highest BCUT2D eigenvalue weighted by atomic mass is 35.5. The summed E-state index contributed by atoms with van der Waals surface area (Å²) in [5, 5.41) is 2.81. The van der Waals surface area contributed by atoms with Crippen molar-refractivity contribution >= 4 is 44.8 Å². The fourth-order valence-corrected chi connectivity index (χ4v) is 4.37. The van der Waals surface area contributed by atoms with Gasteiger partial charge in [0.1, 0.15) is 13.2 Å². The molecule has 0 bridgehead atoms. The summed E-state index contributed by atoms with van der Waals surface area (Å²) < 4.78 is 38.8. The van der Waals surface area contributed by atoms with Crippen LogP contribution in [0.1, 0.15) is 20.7 Å². The monoisotopic (exact) mass is 487 g/mol. The van der Waals surface area contributed by atoms with Gasteiger partial charge in [0.15, 0.2) is 11.5 Å². The van der Waals surface area contributed by atoms with Gasteiger partial charge in [-0.15, -0.1) is 0 Å². The van der Waals surface area contributed by atoms with E-state index in [4.69, 9.17) is 26.8 Å². The first-order chi connectivity index (χ1) is 15.7. The number of hydrogen-bond acceptors (Lipinski definition) is 6. The van der Waals surface area contributed by atoms with Crippen molar-refractivity contribution in [2.75, 3.05) is 23.3 Å². The SMILES string of the molecule is NC(=O)c1cc(NC(=O)c2ccc(NS(=O)(=O)c3ccc4c(c3)OCCO4)cc2)ccc1Cl. The summed E-state index contributed by atoms with van der Waals surface area (Å²) in [4.78, 5) is 23.9. The van der Waals surface area contributed by atoms with Crippen molar-refractivity contribution < 1.29 is 27.5 Å². The summed E-state index contributed by atoms with van der Waals surface area (Å²) in [6.45, 7) is 0.745. The molecule has 2 amide bonds. The molecule has 0 unspecified atom stereocenters. The Hall–Kier alpha value is -3.76. The van der Waals surface area contributed by atoms with Gasteiger partial charge in [-0.1, -0.05) is 11.6 Å². The average Bonchev–Trinajstić information content (AvgIpc) is 2.80. The van der Waals surface area contributed by atoms with Crippen LogP contribution in [0.5, 0.6) is 11.5 Å². The molecule has 11 heteroatoms. The number of ether oxygens (including phenoxy) is 2. The lowest BCUT2D eigenvalue weighted by Gasteiger charge is -2.19. The van der Waals surface area contributed by atoms with Gasteiger partial charge >= 0.3 is 0 Å². The van der Waals surface area contributed by atoms with Crippen molar-refractivity contribution in [2.24, 2.45) is 5.73 Å². The molecule has 0 aliphatic carbocycles. The Morgan fingerprint density at radius 3 is 2.24 bits per heavy atom. The second kappa shape index (κ2) is 9.00. The van der Waals surface area contributed by atoms with Gasteiger partial charge in [-0.25, -0.2) is 8.42 Å². The van der Waals surface area contributed by atoms with Crippen molar-refractivity contribution in [3.8, 4) is 11.5 Å². The van der Waals surface area contributed by atoms with Crippen LogP contribution in [0.2, 0.25) is 5.02 Å². The number of nitrogens with two attached hydrogens (primary N) is 1. The molecule has 33 heavy (non-hydrogen) atoms. The van der Waals surface area contributed by atoms with E-state index < -0.39 is 21.8 Å². The molecule has 1 heterocycles. The quantitative estimate of drug-likeness (QED) is 0.488. The number of sulfonamides is 1.